The van der Waals surface area contributed by atoms with Gasteiger partial charge in [0.15, 0.2) is 5.16 Å². The van der Waals surface area contributed by atoms with E-state index in [-0.39, 0.29) is 10.7 Å². The third-order valence-electron chi connectivity index (χ3n) is 2.33. The number of nitro benzene ring substituents is 1. The van der Waals surface area contributed by atoms with E-state index in [9.17, 15) is 10.1 Å². The highest BCUT2D eigenvalue weighted by atomic mass is 35.5. The molecule has 0 atom stereocenters. The van der Waals surface area contributed by atoms with Crippen LogP contribution in [0.4, 0.5) is 5.69 Å². The number of hydrogen-bond acceptors (Lipinski definition) is 5. The molecule has 2 aromatic rings. The highest BCUT2D eigenvalue weighted by molar-refractivity contribution is 7.98. The van der Waals surface area contributed by atoms with E-state index in [0.717, 1.165) is 11.1 Å². The number of nitrogens with zero attached hydrogens (tertiary/aromatic N) is 3. The Hall–Kier alpha value is -1.66. The summed E-state index contributed by atoms with van der Waals surface area (Å²) in [5.41, 5.74) is 1.72. The van der Waals surface area contributed by atoms with Gasteiger partial charge in [0.05, 0.1) is 4.92 Å². The van der Waals surface area contributed by atoms with Crippen molar-refractivity contribution < 1.29 is 4.92 Å². The minimum absolute atomic E-state index is 0.0791. The van der Waals surface area contributed by atoms with Crippen molar-refractivity contribution in [3.05, 3.63) is 56.9 Å². The fourth-order valence-electron chi connectivity index (χ4n) is 1.39. The van der Waals surface area contributed by atoms with E-state index in [0.29, 0.717) is 10.9 Å². The molecule has 0 aliphatic heterocycles. The lowest BCUT2D eigenvalue weighted by Gasteiger charge is -2.02. The maximum atomic E-state index is 10.8. The molecule has 0 spiro atoms. The molecule has 0 bridgehead atoms. The molecule has 0 amide bonds. The monoisotopic (exact) mass is 295 g/mol. The van der Waals surface area contributed by atoms with E-state index in [1.807, 2.05) is 6.92 Å². The number of hydrogen-bond donors (Lipinski definition) is 0. The third kappa shape index (κ3) is 3.65. The zero-order chi connectivity index (χ0) is 13.8. The lowest BCUT2D eigenvalue weighted by Crippen LogP contribution is -1.92. The summed E-state index contributed by atoms with van der Waals surface area (Å²) in [6, 6.07) is 4.77. The van der Waals surface area contributed by atoms with Crippen LogP contribution < -0.4 is 0 Å². The van der Waals surface area contributed by atoms with Gasteiger partial charge in [0, 0.05) is 24.2 Å². The number of rotatable bonds is 4. The molecule has 0 unspecified atom stereocenters. The Morgan fingerprint density at radius 1 is 1.37 bits per heavy atom. The second kappa shape index (κ2) is 5.99. The minimum atomic E-state index is -0.487. The van der Waals surface area contributed by atoms with Gasteiger partial charge in [-0.1, -0.05) is 29.4 Å². The largest absolute Gasteiger partial charge is 0.288 e. The molecule has 5 nitrogen and oxygen atoms in total. The summed E-state index contributed by atoms with van der Waals surface area (Å²) in [6.07, 6.45) is 3.47. The maximum absolute atomic E-state index is 10.8. The van der Waals surface area contributed by atoms with Gasteiger partial charge in [0.2, 0.25) is 0 Å². The van der Waals surface area contributed by atoms with Gasteiger partial charge in [-0.05, 0) is 24.1 Å². The molecular weight excluding hydrogens is 286 g/mol. The van der Waals surface area contributed by atoms with Crippen molar-refractivity contribution in [2.45, 2.75) is 17.8 Å². The van der Waals surface area contributed by atoms with Crippen LogP contribution in [0.25, 0.3) is 0 Å². The first-order chi connectivity index (χ1) is 9.06. The molecule has 1 aromatic heterocycles. The van der Waals surface area contributed by atoms with Crippen LogP contribution in [0.2, 0.25) is 5.02 Å². The van der Waals surface area contributed by atoms with Crippen molar-refractivity contribution in [3.8, 4) is 0 Å². The first-order valence-electron chi connectivity index (χ1n) is 5.40. The van der Waals surface area contributed by atoms with Crippen LogP contribution in [-0.2, 0) is 5.75 Å². The predicted molar refractivity (Wildman–Crippen MR) is 74.4 cm³/mol. The Balaban J connectivity index is 2.09. The molecule has 0 saturated heterocycles. The quantitative estimate of drug-likeness (QED) is 0.373. The third-order valence-corrected chi connectivity index (χ3v) is 3.60. The molecule has 19 heavy (non-hydrogen) atoms. The first-order valence-corrected chi connectivity index (χ1v) is 6.77. The second-order valence-corrected chi connectivity index (χ2v) is 5.22. The van der Waals surface area contributed by atoms with Gasteiger partial charge >= 0.3 is 0 Å². The summed E-state index contributed by atoms with van der Waals surface area (Å²) in [5.74, 6) is 0.557. The zero-order valence-electron chi connectivity index (χ0n) is 10.0. The van der Waals surface area contributed by atoms with Crippen LogP contribution in [-0.4, -0.2) is 14.9 Å². The Bertz CT molecular complexity index is 604. The van der Waals surface area contributed by atoms with Crippen LogP contribution in [0.15, 0.2) is 35.7 Å². The van der Waals surface area contributed by atoms with E-state index < -0.39 is 4.92 Å². The van der Waals surface area contributed by atoms with Gasteiger partial charge < -0.3 is 0 Å². The normalized spacial score (nSPS) is 10.4. The van der Waals surface area contributed by atoms with E-state index in [4.69, 9.17) is 11.6 Å². The Labute approximate surface area is 119 Å². The first kappa shape index (κ1) is 13.8. The second-order valence-electron chi connectivity index (χ2n) is 3.87. The predicted octanol–water partition coefficient (Wildman–Crippen LogP) is 3.64. The summed E-state index contributed by atoms with van der Waals surface area (Å²) in [6.45, 7) is 1.91. The topological polar surface area (TPSA) is 68.9 Å². The molecule has 0 radical (unpaired) electrons. The average Bonchev–Trinajstić information content (AvgIpc) is 2.39. The maximum Gasteiger partial charge on any atom is 0.288 e. The fourth-order valence-corrected chi connectivity index (χ4v) is 2.31. The number of aromatic nitrogens is 2. The van der Waals surface area contributed by atoms with Crippen LogP contribution in [0.5, 0.6) is 0 Å². The molecule has 98 valence electrons. The SMILES string of the molecule is Cc1cnc(SCc2ccc(Cl)c([N+](=O)[O-])c2)nc1. The smallest absolute Gasteiger partial charge is 0.258 e. The molecule has 0 N–H and O–H groups in total. The van der Waals surface area contributed by atoms with Crippen LogP contribution in [0.3, 0.4) is 0 Å². The standard InChI is InChI=1S/C12H10ClN3O2S/c1-8-5-14-12(15-6-8)19-7-9-2-3-10(13)11(4-9)16(17)18/h2-6H,7H2,1H3. The molecule has 0 aliphatic rings. The van der Waals surface area contributed by atoms with Crippen LogP contribution in [0.1, 0.15) is 11.1 Å². The van der Waals surface area contributed by atoms with Gasteiger partial charge in [-0.15, -0.1) is 0 Å². The van der Waals surface area contributed by atoms with Gasteiger partial charge in [-0.3, -0.25) is 10.1 Å². The molecule has 0 saturated carbocycles. The van der Waals surface area contributed by atoms with E-state index in [1.54, 1.807) is 18.5 Å². The molecule has 7 heteroatoms. The van der Waals surface area contributed by atoms with Gasteiger partial charge in [0.25, 0.3) is 5.69 Å². The Kier molecular flexibility index (Phi) is 4.34. The highest BCUT2D eigenvalue weighted by Crippen LogP contribution is 2.27. The molecule has 1 aromatic carbocycles. The lowest BCUT2D eigenvalue weighted by atomic mass is 10.2. The summed E-state index contributed by atoms with van der Waals surface area (Å²) >= 11 is 7.17. The molecule has 0 aliphatic carbocycles. The molecule has 0 fully saturated rings. The summed E-state index contributed by atoms with van der Waals surface area (Å²) in [7, 11) is 0. The van der Waals surface area contributed by atoms with E-state index in [2.05, 4.69) is 9.97 Å². The van der Waals surface area contributed by atoms with Crippen molar-refractivity contribution in [3.63, 3.8) is 0 Å². The lowest BCUT2D eigenvalue weighted by molar-refractivity contribution is -0.384. The number of halogens is 1. The molecule has 2 rings (SSSR count). The van der Waals surface area contributed by atoms with Crippen molar-refractivity contribution in [2.75, 3.05) is 0 Å². The average molecular weight is 296 g/mol. The van der Waals surface area contributed by atoms with Gasteiger partial charge in [-0.25, -0.2) is 9.97 Å². The van der Waals surface area contributed by atoms with Gasteiger partial charge in [0.1, 0.15) is 5.02 Å². The Morgan fingerprint density at radius 3 is 2.68 bits per heavy atom. The minimum Gasteiger partial charge on any atom is -0.258 e. The van der Waals surface area contributed by atoms with Crippen molar-refractivity contribution in [1.29, 1.82) is 0 Å². The summed E-state index contributed by atoms with van der Waals surface area (Å²) < 4.78 is 0. The number of aryl methyl sites for hydroxylation is 1. The van der Waals surface area contributed by atoms with Crippen LogP contribution >= 0.6 is 23.4 Å². The zero-order valence-corrected chi connectivity index (χ0v) is 11.6. The van der Waals surface area contributed by atoms with Crippen molar-refractivity contribution >= 4 is 29.1 Å². The van der Waals surface area contributed by atoms with Gasteiger partial charge in [-0.2, -0.15) is 0 Å². The fraction of sp³-hybridized carbons (Fsp3) is 0.167. The number of nitro groups is 1. The van der Waals surface area contributed by atoms with Crippen molar-refractivity contribution in [1.82, 2.24) is 9.97 Å². The number of benzene rings is 1. The number of thioether (sulfide) groups is 1. The molecule has 1 heterocycles. The summed E-state index contributed by atoms with van der Waals surface area (Å²) in [5, 5.41) is 11.6. The molecular formula is C12H10ClN3O2S. The van der Waals surface area contributed by atoms with Crippen molar-refractivity contribution in [2.24, 2.45) is 0 Å². The highest BCUT2D eigenvalue weighted by Gasteiger charge is 2.12. The van der Waals surface area contributed by atoms with Crippen LogP contribution in [0, 0.1) is 17.0 Å². The van der Waals surface area contributed by atoms with E-state index >= 15 is 0 Å². The summed E-state index contributed by atoms with van der Waals surface area (Å²) in [4.78, 5) is 18.6. The Morgan fingerprint density at radius 2 is 2.05 bits per heavy atom. The van der Waals surface area contributed by atoms with E-state index in [1.165, 1.54) is 23.9 Å².